The average molecular weight is 353 g/mol. The quantitative estimate of drug-likeness (QED) is 0.780. The first-order valence-electron chi connectivity index (χ1n) is 7.94. The molecule has 1 saturated heterocycles. The lowest BCUT2D eigenvalue weighted by Crippen LogP contribution is -2.17. The van der Waals surface area contributed by atoms with Gasteiger partial charge in [-0.1, -0.05) is 45.0 Å². The van der Waals surface area contributed by atoms with Gasteiger partial charge in [-0.15, -0.1) is 0 Å². The fourth-order valence-electron chi connectivity index (χ4n) is 2.40. The van der Waals surface area contributed by atoms with E-state index in [0.717, 1.165) is 23.1 Å². The van der Waals surface area contributed by atoms with E-state index < -0.39 is 0 Å². The van der Waals surface area contributed by atoms with Crippen LogP contribution in [-0.2, 0) is 10.2 Å². The first-order valence-corrected chi connectivity index (χ1v) is 8.76. The molecule has 1 aliphatic heterocycles. The van der Waals surface area contributed by atoms with Crippen LogP contribution >= 0.6 is 11.8 Å². The molecule has 1 aliphatic rings. The van der Waals surface area contributed by atoms with Gasteiger partial charge in [0.25, 0.3) is 11.1 Å². The van der Waals surface area contributed by atoms with Crippen molar-refractivity contribution in [1.29, 1.82) is 0 Å². The Labute approximate surface area is 151 Å². The van der Waals surface area contributed by atoms with Crippen molar-refractivity contribution >= 4 is 29.0 Å². The zero-order chi connectivity index (χ0) is 18.0. The van der Waals surface area contributed by atoms with E-state index >= 15 is 0 Å². The van der Waals surface area contributed by atoms with Crippen molar-refractivity contribution in [2.45, 2.75) is 26.2 Å². The maximum atomic E-state index is 11.6. The maximum absolute atomic E-state index is 11.6. The fraction of sp³-hybridized carbons (Fsp3) is 0.200. The predicted octanol–water partition coefficient (Wildman–Crippen LogP) is 5.10. The second kappa shape index (κ2) is 6.76. The summed E-state index contributed by atoms with van der Waals surface area (Å²) < 4.78 is 5.90. The molecule has 0 atom stereocenters. The Bertz CT molecular complexity index is 848. The van der Waals surface area contributed by atoms with Gasteiger partial charge >= 0.3 is 0 Å². The van der Waals surface area contributed by atoms with Crippen molar-refractivity contribution < 1.29 is 14.3 Å². The number of carbonyl (C=O) groups excluding carboxylic acids is 2. The van der Waals surface area contributed by atoms with Crippen LogP contribution in [0.5, 0.6) is 11.5 Å². The van der Waals surface area contributed by atoms with Gasteiger partial charge in [0.2, 0.25) is 0 Å². The molecule has 0 aliphatic carbocycles. The van der Waals surface area contributed by atoms with Crippen LogP contribution in [0.25, 0.3) is 6.08 Å². The fourth-order valence-corrected chi connectivity index (χ4v) is 3.08. The number of thioether (sulfide) groups is 1. The lowest BCUT2D eigenvalue weighted by atomic mass is 9.87. The van der Waals surface area contributed by atoms with E-state index in [1.807, 2.05) is 36.4 Å². The highest BCUT2D eigenvalue weighted by molar-refractivity contribution is 8.18. The number of benzene rings is 2. The first-order chi connectivity index (χ1) is 11.8. The Morgan fingerprint density at radius 1 is 1.00 bits per heavy atom. The smallest absolute Gasteiger partial charge is 0.290 e. The molecular formula is C20H19NO3S. The lowest BCUT2D eigenvalue weighted by molar-refractivity contribution is -0.115. The summed E-state index contributed by atoms with van der Waals surface area (Å²) in [5, 5.41) is 1.90. The summed E-state index contributed by atoms with van der Waals surface area (Å²) in [6, 6.07) is 15.4. The van der Waals surface area contributed by atoms with Gasteiger partial charge in [-0.2, -0.15) is 0 Å². The maximum Gasteiger partial charge on any atom is 0.290 e. The van der Waals surface area contributed by atoms with E-state index in [4.69, 9.17) is 4.74 Å². The molecule has 25 heavy (non-hydrogen) atoms. The molecule has 0 spiro atoms. The summed E-state index contributed by atoms with van der Waals surface area (Å²) >= 11 is 0.903. The number of amides is 2. The Hall–Kier alpha value is -2.53. The SMILES string of the molecule is CC(C)(C)c1ccc(Oc2cccc(C=C3SC(=O)NC3=O)c2)cc1. The summed E-state index contributed by atoms with van der Waals surface area (Å²) in [6.45, 7) is 6.51. The van der Waals surface area contributed by atoms with E-state index in [1.54, 1.807) is 6.08 Å². The van der Waals surface area contributed by atoms with Gasteiger partial charge in [-0.25, -0.2) is 0 Å². The molecular weight excluding hydrogens is 334 g/mol. The van der Waals surface area contributed by atoms with Crippen LogP contribution in [0.1, 0.15) is 31.9 Å². The van der Waals surface area contributed by atoms with Crippen molar-refractivity contribution in [2.75, 3.05) is 0 Å². The summed E-state index contributed by atoms with van der Waals surface area (Å²) in [5.74, 6) is 1.06. The molecule has 2 aromatic rings. The van der Waals surface area contributed by atoms with E-state index in [1.165, 1.54) is 5.56 Å². The van der Waals surface area contributed by atoms with E-state index in [9.17, 15) is 9.59 Å². The van der Waals surface area contributed by atoms with E-state index in [0.29, 0.717) is 10.7 Å². The second-order valence-electron chi connectivity index (χ2n) is 6.80. The molecule has 3 rings (SSSR count). The molecule has 128 valence electrons. The van der Waals surface area contributed by atoms with Crippen LogP contribution in [0.4, 0.5) is 4.79 Å². The third-order valence-electron chi connectivity index (χ3n) is 3.75. The lowest BCUT2D eigenvalue weighted by Gasteiger charge is -2.19. The van der Waals surface area contributed by atoms with Crippen LogP contribution in [0.15, 0.2) is 53.4 Å². The Morgan fingerprint density at radius 3 is 2.32 bits per heavy atom. The van der Waals surface area contributed by atoms with Crippen molar-refractivity contribution in [2.24, 2.45) is 0 Å². The van der Waals surface area contributed by atoms with Crippen molar-refractivity contribution in [3.8, 4) is 11.5 Å². The molecule has 0 radical (unpaired) electrons. The second-order valence-corrected chi connectivity index (χ2v) is 7.82. The minimum absolute atomic E-state index is 0.0988. The topological polar surface area (TPSA) is 55.4 Å². The minimum Gasteiger partial charge on any atom is -0.457 e. The minimum atomic E-state index is -0.362. The summed E-state index contributed by atoms with van der Waals surface area (Å²) in [7, 11) is 0. The van der Waals surface area contributed by atoms with Crippen molar-refractivity contribution in [1.82, 2.24) is 5.32 Å². The summed E-state index contributed by atoms with van der Waals surface area (Å²) in [4.78, 5) is 23.2. The number of nitrogens with one attached hydrogen (secondary N) is 1. The number of ether oxygens (including phenoxy) is 1. The molecule has 0 unspecified atom stereocenters. The van der Waals surface area contributed by atoms with Crippen LogP contribution < -0.4 is 10.1 Å². The Morgan fingerprint density at radius 2 is 1.72 bits per heavy atom. The Balaban J connectivity index is 1.77. The van der Waals surface area contributed by atoms with Gasteiger partial charge in [-0.05, 0) is 58.6 Å². The number of imide groups is 1. The predicted molar refractivity (Wildman–Crippen MR) is 101 cm³/mol. The Kier molecular flexibility index (Phi) is 4.68. The number of hydrogen-bond acceptors (Lipinski definition) is 4. The first kappa shape index (κ1) is 17.3. The average Bonchev–Trinajstić information content (AvgIpc) is 2.85. The van der Waals surface area contributed by atoms with Gasteiger partial charge in [0, 0.05) is 0 Å². The standard InChI is InChI=1S/C20H19NO3S/c1-20(2,3)14-7-9-15(10-8-14)24-16-6-4-5-13(11-16)12-17-18(22)21-19(23)25-17/h4-12H,1-3H3,(H,21,22,23). The molecule has 0 saturated carbocycles. The monoisotopic (exact) mass is 353 g/mol. The molecule has 1 heterocycles. The van der Waals surface area contributed by atoms with E-state index in [-0.39, 0.29) is 16.6 Å². The van der Waals surface area contributed by atoms with Gasteiger partial charge in [0.15, 0.2) is 0 Å². The van der Waals surface area contributed by atoms with Crippen LogP contribution in [0, 0.1) is 0 Å². The normalized spacial score (nSPS) is 16.2. The molecule has 1 N–H and O–H groups in total. The molecule has 4 nitrogen and oxygen atoms in total. The molecule has 5 heteroatoms. The van der Waals surface area contributed by atoms with Gasteiger partial charge in [0.05, 0.1) is 4.91 Å². The zero-order valence-electron chi connectivity index (χ0n) is 14.3. The molecule has 1 fully saturated rings. The third-order valence-corrected chi connectivity index (χ3v) is 4.56. The largest absolute Gasteiger partial charge is 0.457 e. The highest BCUT2D eigenvalue weighted by Gasteiger charge is 2.24. The van der Waals surface area contributed by atoms with Crippen LogP contribution in [0.2, 0.25) is 0 Å². The molecule has 2 aromatic carbocycles. The third kappa shape index (κ3) is 4.31. The highest BCUT2D eigenvalue weighted by Crippen LogP contribution is 2.29. The number of carbonyl (C=O) groups is 2. The van der Waals surface area contributed by atoms with Gasteiger partial charge < -0.3 is 4.74 Å². The molecule has 2 amide bonds. The number of rotatable bonds is 3. The van der Waals surface area contributed by atoms with Crippen molar-refractivity contribution in [3.05, 3.63) is 64.6 Å². The van der Waals surface area contributed by atoms with E-state index in [2.05, 4.69) is 38.2 Å². The van der Waals surface area contributed by atoms with Gasteiger partial charge in [-0.3, -0.25) is 14.9 Å². The summed E-state index contributed by atoms with van der Waals surface area (Å²) in [5.41, 5.74) is 2.14. The van der Waals surface area contributed by atoms with Gasteiger partial charge in [0.1, 0.15) is 11.5 Å². The zero-order valence-corrected chi connectivity index (χ0v) is 15.1. The number of hydrogen-bond donors (Lipinski definition) is 1. The molecule has 0 aromatic heterocycles. The molecule has 0 bridgehead atoms. The summed E-state index contributed by atoms with van der Waals surface area (Å²) in [6.07, 6.45) is 1.68. The van der Waals surface area contributed by atoms with Crippen LogP contribution in [0.3, 0.4) is 0 Å². The van der Waals surface area contributed by atoms with Crippen molar-refractivity contribution in [3.63, 3.8) is 0 Å². The van der Waals surface area contributed by atoms with Crippen LogP contribution in [-0.4, -0.2) is 11.1 Å². The highest BCUT2D eigenvalue weighted by atomic mass is 32.2.